The number of benzene rings is 1. The summed E-state index contributed by atoms with van der Waals surface area (Å²) in [6, 6.07) is 3.93. The third-order valence-electron chi connectivity index (χ3n) is 3.05. The number of carbonyl (C=O) groups is 2. The highest BCUT2D eigenvalue weighted by Gasteiger charge is 2.24. The highest BCUT2D eigenvalue weighted by atomic mass is 16.6. The lowest BCUT2D eigenvalue weighted by Crippen LogP contribution is -2.40. The monoisotopic (exact) mass is 265 g/mol. The van der Waals surface area contributed by atoms with Crippen molar-refractivity contribution in [3.8, 4) is 11.5 Å². The summed E-state index contributed by atoms with van der Waals surface area (Å²) in [6.45, 7) is 2.38. The Labute approximate surface area is 110 Å². The van der Waals surface area contributed by atoms with Gasteiger partial charge in [-0.25, -0.2) is 4.79 Å². The number of ether oxygens (including phenoxy) is 2. The quantitative estimate of drug-likeness (QED) is 0.882. The number of rotatable bonds is 3. The molecule has 6 nitrogen and oxygen atoms in total. The Kier molecular flexibility index (Phi) is 3.59. The first-order chi connectivity index (χ1) is 9.00. The maximum Gasteiger partial charge on any atom is 0.326 e. The van der Waals surface area contributed by atoms with Crippen molar-refractivity contribution in [2.45, 2.75) is 13.0 Å². The number of likely N-dealkylation sites (N-methyl/N-ethyl adjacent to an activating group) is 1. The lowest BCUT2D eigenvalue weighted by Gasteiger charge is -2.23. The second-order valence-electron chi connectivity index (χ2n) is 4.29. The molecular weight excluding hydrogens is 250 g/mol. The van der Waals surface area contributed by atoms with Crippen molar-refractivity contribution in [1.29, 1.82) is 0 Å². The highest BCUT2D eigenvalue weighted by molar-refractivity contribution is 5.97. The molecule has 0 aliphatic carbocycles. The molecule has 1 aliphatic heterocycles. The molecular formula is C13H15NO5. The number of nitrogens with zero attached hydrogens (tertiary/aromatic N) is 1. The van der Waals surface area contributed by atoms with Crippen molar-refractivity contribution in [2.75, 3.05) is 20.3 Å². The maximum atomic E-state index is 12.1. The average Bonchev–Trinajstić information content (AvgIpc) is 2.44. The molecule has 0 aromatic heterocycles. The summed E-state index contributed by atoms with van der Waals surface area (Å²) in [4.78, 5) is 24.2. The molecule has 0 fully saturated rings. The second kappa shape index (κ2) is 5.17. The van der Waals surface area contributed by atoms with Crippen LogP contribution in [0.3, 0.4) is 0 Å². The summed E-state index contributed by atoms with van der Waals surface area (Å²) in [7, 11) is 1.46. The molecule has 0 radical (unpaired) electrons. The minimum absolute atomic E-state index is 0.369. The van der Waals surface area contributed by atoms with Gasteiger partial charge in [0, 0.05) is 12.6 Å². The standard InChI is InChI=1S/C13H15NO5/c1-8(13(16)17)14(2)12(15)9-3-4-10-11(7-9)19-6-5-18-10/h3-4,7-8H,5-6H2,1-2H3,(H,16,17). The number of fused-ring (bicyclic) bond motifs is 1. The average molecular weight is 265 g/mol. The molecule has 1 N–H and O–H groups in total. The van der Waals surface area contributed by atoms with Crippen LogP contribution in [-0.4, -0.2) is 48.2 Å². The van der Waals surface area contributed by atoms with Crippen LogP contribution in [-0.2, 0) is 4.79 Å². The summed E-state index contributed by atoms with van der Waals surface area (Å²) >= 11 is 0. The summed E-state index contributed by atoms with van der Waals surface area (Å²) in [5.74, 6) is -0.314. The van der Waals surface area contributed by atoms with Crippen LogP contribution in [0.5, 0.6) is 11.5 Å². The fraction of sp³-hybridized carbons (Fsp3) is 0.385. The zero-order valence-electron chi connectivity index (χ0n) is 10.8. The van der Waals surface area contributed by atoms with Crippen LogP contribution in [0.25, 0.3) is 0 Å². The molecule has 102 valence electrons. The summed E-state index contributed by atoms with van der Waals surface area (Å²) in [5.41, 5.74) is 0.375. The zero-order valence-corrected chi connectivity index (χ0v) is 10.8. The van der Waals surface area contributed by atoms with Gasteiger partial charge in [0.2, 0.25) is 0 Å². The number of hydrogen-bond acceptors (Lipinski definition) is 4. The fourth-order valence-electron chi connectivity index (χ4n) is 1.72. The first-order valence-electron chi connectivity index (χ1n) is 5.90. The second-order valence-corrected chi connectivity index (χ2v) is 4.29. The fourth-order valence-corrected chi connectivity index (χ4v) is 1.72. The summed E-state index contributed by atoms with van der Waals surface area (Å²) < 4.78 is 10.8. The predicted octanol–water partition coefficient (Wildman–Crippen LogP) is 1.00. The van der Waals surface area contributed by atoms with Crippen molar-refractivity contribution in [1.82, 2.24) is 4.90 Å². The Morgan fingerprint density at radius 2 is 1.89 bits per heavy atom. The van der Waals surface area contributed by atoms with Gasteiger partial charge in [-0.1, -0.05) is 0 Å². The molecule has 1 unspecified atom stereocenters. The van der Waals surface area contributed by atoms with E-state index in [-0.39, 0.29) is 5.91 Å². The molecule has 6 heteroatoms. The first-order valence-corrected chi connectivity index (χ1v) is 5.90. The van der Waals surface area contributed by atoms with Gasteiger partial charge in [-0.15, -0.1) is 0 Å². The number of aliphatic carboxylic acids is 1. The van der Waals surface area contributed by atoms with E-state index in [4.69, 9.17) is 14.6 Å². The van der Waals surface area contributed by atoms with Crippen LogP contribution in [0.4, 0.5) is 0 Å². The molecule has 1 heterocycles. The SMILES string of the molecule is CC(C(=O)O)N(C)C(=O)c1ccc2c(c1)OCCO2. The smallest absolute Gasteiger partial charge is 0.326 e. The lowest BCUT2D eigenvalue weighted by atomic mass is 10.1. The van der Waals surface area contributed by atoms with E-state index in [2.05, 4.69) is 0 Å². The van der Waals surface area contributed by atoms with Crippen LogP contribution in [0.15, 0.2) is 18.2 Å². The molecule has 0 bridgehead atoms. The molecule has 1 aliphatic rings. The van der Waals surface area contributed by atoms with Gasteiger partial charge in [0.25, 0.3) is 5.91 Å². The van der Waals surface area contributed by atoms with Crippen LogP contribution >= 0.6 is 0 Å². The van der Waals surface area contributed by atoms with Crippen molar-refractivity contribution >= 4 is 11.9 Å². The van der Waals surface area contributed by atoms with Gasteiger partial charge in [-0.3, -0.25) is 4.79 Å². The predicted molar refractivity (Wildman–Crippen MR) is 66.6 cm³/mol. The molecule has 1 atom stereocenters. The number of hydrogen-bond donors (Lipinski definition) is 1. The van der Waals surface area contributed by atoms with E-state index in [1.54, 1.807) is 18.2 Å². The van der Waals surface area contributed by atoms with Crippen molar-refractivity contribution in [2.24, 2.45) is 0 Å². The number of amides is 1. The molecule has 0 saturated carbocycles. The minimum Gasteiger partial charge on any atom is -0.486 e. The van der Waals surface area contributed by atoms with Gasteiger partial charge in [0.1, 0.15) is 19.3 Å². The Morgan fingerprint density at radius 1 is 1.26 bits per heavy atom. The van der Waals surface area contributed by atoms with Gasteiger partial charge in [0.15, 0.2) is 11.5 Å². The number of carbonyl (C=O) groups excluding carboxylic acids is 1. The van der Waals surface area contributed by atoms with Crippen LogP contribution in [0.2, 0.25) is 0 Å². The van der Waals surface area contributed by atoms with Gasteiger partial charge in [0.05, 0.1) is 0 Å². The zero-order chi connectivity index (χ0) is 14.0. The van der Waals surface area contributed by atoms with Gasteiger partial charge in [-0.2, -0.15) is 0 Å². The molecule has 0 spiro atoms. The van der Waals surface area contributed by atoms with E-state index < -0.39 is 12.0 Å². The minimum atomic E-state index is -1.05. The van der Waals surface area contributed by atoms with Gasteiger partial charge >= 0.3 is 5.97 Å². The van der Waals surface area contributed by atoms with Crippen LogP contribution in [0, 0.1) is 0 Å². The van der Waals surface area contributed by atoms with E-state index >= 15 is 0 Å². The van der Waals surface area contributed by atoms with Crippen molar-refractivity contribution < 1.29 is 24.2 Å². The van der Waals surface area contributed by atoms with Gasteiger partial charge < -0.3 is 19.5 Å². The van der Waals surface area contributed by atoms with Crippen LogP contribution in [0.1, 0.15) is 17.3 Å². The molecule has 0 saturated heterocycles. The topological polar surface area (TPSA) is 76.1 Å². The number of carboxylic acids is 1. The third kappa shape index (κ3) is 2.62. The summed E-state index contributed by atoms with van der Waals surface area (Å²) in [6.07, 6.45) is 0. The van der Waals surface area contributed by atoms with Crippen molar-refractivity contribution in [3.63, 3.8) is 0 Å². The molecule has 1 aromatic carbocycles. The third-order valence-corrected chi connectivity index (χ3v) is 3.05. The first kappa shape index (κ1) is 13.2. The normalized spacial score (nSPS) is 14.6. The van der Waals surface area contributed by atoms with E-state index in [0.717, 1.165) is 0 Å². The molecule has 1 aromatic rings. The van der Waals surface area contributed by atoms with Crippen LogP contribution < -0.4 is 9.47 Å². The van der Waals surface area contributed by atoms with Gasteiger partial charge in [-0.05, 0) is 25.1 Å². The number of carboxylic acid groups (broad SMARTS) is 1. The van der Waals surface area contributed by atoms with Crippen molar-refractivity contribution in [3.05, 3.63) is 23.8 Å². The Morgan fingerprint density at radius 3 is 2.53 bits per heavy atom. The highest BCUT2D eigenvalue weighted by Crippen LogP contribution is 2.31. The van der Waals surface area contributed by atoms with E-state index in [0.29, 0.717) is 30.3 Å². The molecule has 19 heavy (non-hydrogen) atoms. The Hall–Kier alpha value is -2.24. The molecule has 2 rings (SSSR count). The van der Waals surface area contributed by atoms with E-state index in [9.17, 15) is 9.59 Å². The summed E-state index contributed by atoms with van der Waals surface area (Å²) in [5, 5.41) is 8.90. The molecule has 1 amide bonds. The Bertz CT molecular complexity index is 514. The Balaban J connectivity index is 2.22. The maximum absolute atomic E-state index is 12.1. The lowest BCUT2D eigenvalue weighted by molar-refractivity contribution is -0.141. The van der Waals surface area contributed by atoms with E-state index in [1.807, 2.05) is 0 Å². The largest absolute Gasteiger partial charge is 0.486 e. The van der Waals surface area contributed by atoms with E-state index in [1.165, 1.54) is 18.9 Å².